The zero-order valence-electron chi connectivity index (χ0n) is 10.9. The first-order valence-electron chi connectivity index (χ1n) is 4.23. The van der Waals surface area contributed by atoms with Gasteiger partial charge in [0.25, 0.3) is 0 Å². The van der Waals surface area contributed by atoms with E-state index >= 15 is 0 Å². The number of rotatable bonds is 4. The first kappa shape index (κ1) is 29.8. The van der Waals surface area contributed by atoms with Gasteiger partial charge in [0.05, 0.1) is 21.0 Å². The van der Waals surface area contributed by atoms with Crippen LogP contribution in [0.2, 0.25) is 0 Å². The fourth-order valence-electron chi connectivity index (χ4n) is 1.30. The van der Waals surface area contributed by atoms with Gasteiger partial charge in [0.15, 0.2) is 0 Å². The SMILES string of the molecule is O.O.O=P([O-])([O-])OC[C@H]1O[C@](O)(CO)[C@@H](O)[C@@H]1O.[Na+].[Na+]. The number of phosphoric acid groups is 1. The van der Waals surface area contributed by atoms with Crippen molar-refractivity contribution < 1.29 is 114 Å². The molecule has 0 spiro atoms. The molecule has 112 valence electrons. The van der Waals surface area contributed by atoms with Crippen LogP contribution >= 0.6 is 7.82 Å². The van der Waals surface area contributed by atoms with Gasteiger partial charge in [-0.1, -0.05) is 0 Å². The Kier molecular flexibility index (Phi) is 17.0. The molecule has 20 heavy (non-hydrogen) atoms. The van der Waals surface area contributed by atoms with Crippen LogP contribution in [0.1, 0.15) is 0 Å². The molecule has 1 rings (SSSR count). The number of hydrogen-bond acceptors (Lipinski definition) is 9. The third-order valence-corrected chi connectivity index (χ3v) is 2.61. The topological polar surface area (TPSA) is 226 Å². The van der Waals surface area contributed by atoms with Crippen molar-refractivity contribution in [2.75, 3.05) is 13.2 Å². The van der Waals surface area contributed by atoms with Crippen LogP contribution in [0.3, 0.4) is 0 Å². The molecular formula is C6H15Na2O11P. The van der Waals surface area contributed by atoms with Crippen molar-refractivity contribution in [3.63, 3.8) is 0 Å². The summed E-state index contributed by atoms with van der Waals surface area (Å²) in [4.78, 5) is 20.3. The molecule has 1 saturated heterocycles. The Balaban J connectivity index is -0.000000320. The summed E-state index contributed by atoms with van der Waals surface area (Å²) in [7, 11) is -5.23. The van der Waals surface area contributed by atoms with Crippen LogP contribution in [-0.2, 0) is 13.8 Å². The van der Waals surface area contributed by atoms with Crippen molar-refractivity contribution in [1.82, 2.24) is 0 Å². The fraction of sp³-hybridized carbons (Fsp3) is 1.00. The molecule has 1 heterocycles. The number of hydrogen-bond donors (Lipinski definition) is 4. The summed E-state index contributed by atoms with van der Waals surface area (Å²) in [5, 5.41) is 36.6. The Morgan fingerprint density at radius 3 is 2.00 bits per heavy atom. The number of ether oxygens (including phenoxy) is 1. The average molecular weight is 340 g/mol. The summed E-state index contributed by atoms with van der Waals surface area (Å²) in [5.74, 6) is -2.40. The van der Waals surface area contributed by atoms with Crippen molar-refractivity contribution >= 4 is 7.82 Å². The monoisotopic (exact) mass is 340 g/mol. The summed E-state index contributed by atoms with van der Waals surface area (Å²) in [6, 6.07) is 0. The van der Waals surface area contributed by atoms with Crippen LogP contribution < -0.4 is 68.9 Å². The van der Waals surface area contributed by atoms with Crippen molar-refractivity contribution in [3.05, 3.63) is 0 Å². The average Bonchev–Trinajstić information content (AvgIpc) is 2.40. The summed E-state index contributed by atoms with van der Waals surface area (Å²) in [6.07, 6.45) is -4.93. The van der Waals surface area contributed by atoms with Gasteiger partial charge in [0.1, 0.15) is 18.3 Å². The first-order chi connectivity index (χ1) is 7.19. The molecule has 0 unspecified atom stereocenters. The normalized spacial score (nSPS) is 32.2. The molecule has 4 atom stereocenters. The predicted octanol–water partition coefficient (Wildman–Crippen LogP) is -12.0. The molecule has 0 aromatic heterocycles. The summed E-state index contributed by atoms with van der Waals surface area (Å²) < 4.78 is 18.6. The second-order valence-corrected chi connectivity index (χ2v) is 4.49. The van der Waals surface area contributed by atoms with Crippen LogP contribution in [0.5, 0.6) is 0 Å². The van der Waals surface area contributed by atoms with Gasteiger partial charge in [-0.05, 0) is 0 Å². The molecule has 1 aliphatic heterocycles. The fourth-order valence-corrected chi connectivity index (χ4v) is 1.63. The summed E-state index contributed by atoms with van der Waals surface area (Å²) >= 11 is 0. The Morgan fingerprint density at radius 1 is 1.25 bits per heavy atom. The number of aliphatic hydroxyl groups excluding tert-OH is 3. The van der Waals surface area contributed by atoms with Gasteiger partial charge in [0, 0.05) is 0 Å². The van der Waals surface area contributed by atoms with Crippen LogP contribution in [0.15, 0.2) is 0 Å². The molecule has 14 heteroatoms. The van der Waals surface area contributed by atoms with Crippen molar-refractivity contribution in [1.29, 1.82) is 0 Å². The molecule has 0 bridgehead atoms. The van der Waals surface area contributed by atoms with Gasteiger partial charge in [-0.15, -0.1) is 0 Å². The maximum absolute atomic E-state index is 10.1. The van der Waals surface area contributed by atoms with E-state index in [1.54, 1.807) is 0 Å². The number of phosphoric ester groups is 1. The minimum Gasteiger partial charge on any atom is -0.790 e. The van der Waals surface area contributed by atoms with Gasteiger partial charge >= 0.3 is 59.1 Å². The van der Waals surface area contributed by atoms with E-state index in [0.29, 0.717) is 0 Å². The Bertz CT molecular complexity index is 301. The maximum atomic E-state index is 10.1. The van der Waals surface area contributed by atoms with Gasteiger partial charge in [0.2, 0.25) is 5.79 Å². The smallest absolute Gasteiger partial charge is 0.790 e. The maximum Gasteiger partial charge on any atom is 1.00 e. The van der Waals surface area contributed by atoms with E-state index in [1.165, 1.54) is 0 Å². The zero-order chi connectivity index (χ0) is 12.6. The molecule has 0 amide bonds. The first-order valence-corrected chi connectivity index (χ1v) is 5.69. The Hall–Kier alpha value is 1.83. The second kappa shape index (κ2) is 11.4. The summed E-state index contributed by atoms with van der Waals surface area (Å²) in [5.41, 5.74) is 0. The van der Waals surface area contributed by atoms with Crippen molar-refractivity contribution in [2.24, 2.45) is 0 Å². The molecule has 0 aromatic rings. The van der Waals surface area contributed by atoms with Crippen molar-refractivity contribution in [3.8, 4) is 0 Å². The van der Waals surface area contributed by atoms with Gasteiger partial charge < -0.3 is 55.0 Å². The van der Waals surface area contributed by atoms with E-state index in [4.69, 9.17) is 5.11 Å². The van der Waals surface area contributed by atoms with E-state index in [2.05, 4.69) is 9.26 Å². The third-order valence-electron chi connectivity index (χ3n) is 2.15. The van der Waals surface area contributed by atoms with Crippen LogP contribution in [-0.4, -0.2) is 68.7 Å². The molecule has 1 aliphatic rings. The molecule has 0 saturated carbocycles. The molecular weight excluding hydrogens is 325 g/mol. The minimum atomic E-state index is -5.23. The van der Waals surface area contributed by atoms with E-state index < -0.39 is 45.1 Å². The second-order valence-electron chi connectivity index (χ2n) is 3.34. The largest absolute Gasteiger partial charge is 1.00 e. The third kappa shape index (κ3) is 7.90. The minimum absolute atomic E-state index is 0. The number of aliphatic hydroxyl groups is 4. The van der Waals surface area contributed by atoms with Crippen LogP contribution in [0.25, 0.3) is 0 Å². The Labute approximate surface area is 158 Å². The van der Waals surface area contributed by atoms with E-state index in [-0.39, 0.29) is 70.1 Å². The molecule has 0 aliphatic carbocycles. The predicted molar refractivity (Wildman–Crippen MR) is 49.7 cm³/mol. The standard InChI is InChI=1S/C6H13O9P.2Na.2H2O/c7-2-6(10)5(9)4(8)3(15-6)1-14-16(11,12)13;;;;/h3-5,7-10H,1-2H2,(H2,11,12,13);;;2*1H2/q;2*+1;;/p-2/t3-,4-,5+,6-;;;;/m1..../s1. The molecule has 8 N–H and O–H groups in total. The van der Waals surface area contributed by atoms with E-state index in [1.807, 2.05) is 0 Å². The van der Waals surface area contributed by atoms with Gasteiger partial charge in [-0.25, -0.2) is 0 Å². The van der Waals surface area contributed by atoms with Crippen molar-refractivity contribution in [2.45, 2.75) is 24.1 Å². The van der Waals surface area contributed by atoms with Gasteiger partial charge in [-0.2, -0.15) is 0 Å². The molecule has 0 aromatic carbocycles. The molecule has 11 nitrogen and oxygen atoms in total. The van der Waals surface area contributed by atoms with Crippen LogP contribution in [0, 0.1) is 0 Å². The van der Waals surface area contributed by atoms with E-state index in [0.717, 1.165) is 0 Å². The Morgan fingerprint density at radius 2 is 1.70 bits per heavy atom. The van der Waals surface area contributed by atoms with Gasteiger partial charge in [-0.3, -0.25) is 0 Å². The van der Waals surface area contributed by atoms with E-state index in [9.17, 15) is 29.7 Å². The molecule has 1 fully saturated rings. The van der Waals surface area contributed by atoms with Crippen LogP contribution in [0.4, 0.5) is 0 Å². The molecule has 0 radical (unpaired) electrons. The zero-order valence-corrected chi connectivity index (χ0v) is 15.8. The summed E-state index contributed by atoms with van der Waals surface area (Å²) in [6.45, 7) is -1.86. The quantitative estimate of drug-likeness (QED) is 0.281.